The Morgan fingerprint density at radius 1 is 0.973 bits per heavy atom. The third kappa shape index (κ3) is 7.50. The Hall–Kier alpha value is -2.54. The van der Waals surface area contributed by atoms with Crippen LogP contribution >= 0.6 is 23.5 Å². The average Bonchev–Trinajstić information content (AvgIpc) is 2.75. The van der Waals surface area contributed by atoms with Gasteiger partial charge in [-0.3, -0.25) is 14.9 Å². The molecule has 0 heterocycles. The first kappa shape index (κ1) is 30.7. The summed E-state index contributed by atoms with van der Waals surface area (Å²) < 4.78 is 139. The summed E-state index contributed by atoms with van der Waals surface area (Å²) in [7, 11) is -3.55. The molecule has 19 heteroatoms. The van der Waals surface area contributed by atoms with Gasteiger partial charge in [-0.1, -0.05) is 6.07 Å². The van der Waals surface area contributed by atoms with Gasteiger partial charge in [-0.15, -0.1) is 11.8 Å². The lowest BCUT2D eigenvalue weighted by atomic mass is 10.3. The van der Waals surface area contributed by atoms with Gasteiger partial charge in [0.25, 0.3) is 5.69 Å². The van der Waals surface area contributed by atoms with E-state index < -0.39 is 77.5 Å². The monoisotopic (exact) mass is 604 g/mol. The molecular formula is C18H10F10N2O4S3. The number of carbonyl (C=O) groups excluding carboxylic acids is 1. The van der Waals surface area contributed by atoms with Crippen LogP contribution in [0.25, 0.3) is 0 Å². The van der Waals surface area contributed by atoms with Gasteiger partial charge in [0.2, 0.25) is 5.91 Å². The summed E-state index contributed by atoms with van der Waals surface area (Å²) in [4.78, 5) is 20.3. The molecule has 0 aliphatic heterocycles. The zero-order chi connectivity index (χ0) is 28.4. The number of halogens is 10. The Morgan fingerprint density at radius 3 is 2.14 bits per heavy atom. The van der Waals surface area contributed by atoms with Crippen molar-refractivity contribution < 1.29 is 57.8 Å². The lowest BCUT2D eigenvalue weighted by Gasteiger charge is -2.27. The highest BCUT2D eigenvalue weighted by molar-refractivity contribution is 8.00. The van der Waals surface area contributed by atoms with Crippen LogP contribution in [0.15, 0.2) is 57.2 Å². The molecule has 2 rings (SSSR count). The number of hydrogen-bond donors (Lipinski definition) is 1. The first-order valence-corrected chi connectivity index (χ1v) is 12.0. The normalized spacial score (nSPS) is 13.8. The molecule has 1 unspecified atom stereocenters. The third-order valence-corrected chi connectivity index (χ3v) is 7.16. The zero-order valence-electron chi connectivity index (χ0n) is 17.3. The summed E-state index contributed by atoms with van der Waals surface area (Å²) in [5.74, 6) is -7.93. The highest BCUT2D eigenvalue weighted by atomic mass is 32.2. The maximum Gasteiger partial charge on any atom is 0.475 e. The number of nitro benzene ring substituents is 1. The van der Waals surface area contributed by atoms with Gasteiger partial charge in [-0.05, 0) is 42.1 Å². The maximum atomic E-state index is 13.6. The second kappa shape index (κ2) is 11.1. The fourth-order valence-electron chi connectivity index (χ4n) is 2.37. The van der Waals surface area contributed by atoms with E-state index in [1.165, 1.54) is 0 Å². The molecule has 0 bridgehead atoms. The molecule has 0 aliphatic carbocycles. The summed E-state index contributed by atoms with van der Waals surface area (Å²) in [6, 6.07) is 5.46. The van der Waals surface area contributed by atoms with E-state index in [1.807, 2.05) is 0 Å². The minimum atomic E-state index is -6.53. The van der Waals surface area contributed by atoms with Crippen molar-refractivity contribution in [1.29, 1.82) is 0 Å². The van der Waals surface area contributed by atoms with E-state index in [9.17, 15) is 63.0 Å². The van der Waals surface area contributed by atoms with Crippen molar-refractivity contribution in [3.8, 4) is 0 Å². The molecule has 0 saturated carbocycles. The Balaban J connectivity index is 2.12. The van der Waals surface area contributed by atoms with Crippen molar-refractivity contribution in [2.75, 3.05) is 11.1 Å². The number of nitro groups is 1. The van der Waals surface area contributed by atoms with Crippen LogP contribution in [0, 0.1) is 10.1 Å². The standard InChI is InChI=1S/C18H10F10N2O4S3/c19-15(20,16(21,22)23)17(24,25)36-10-3-1-2-9(6-10)29-14(31)8-35-13-5-4-11(7-12(13)30(32)33)37(34)18(26,27)28/h1-7H,8H2,(H,29,31). The number of nitrogens with one attached hydrogen (secondary N) is 1. The molecule has 204 valence electrons. The molecule has 1 amide bonds. The molecule has 2 aromatic carbocycles. The predicted octanol–water partition coefficient (Wildman–Crippen LogP) is 6.84. The SMILES string of the molecule is O=C(CSc1ccc(S(=O)C(F)(F)F)cc1[N+](=O)[O-])Nc1cccc(SC(F)(F)C(F)(F)C(F)(F)F)c1. The number of amides is 1. The lowest BCUT2D eigenvalue weighted by Crippen LogP contribution is -2.49. The summed E-state index contributed by atoms with van der Waals surface area (Å²) in [5.41, 5.74) is -6.37. The van der Waals surface area contributed by atoms with Crippen molar-refractivity contribution in [1.82, 2.24) is 0 Å². The van der Waals surface area contributed by atoms with Gasteiger partial charge in [0.1, 0.15) is 0 Å². The second-order valence-electron chi connectivity index (χ2n) is 6.66. The Kier molecular flexibility index (Phi) is 9.17. The van der Waals surface area contributed by atoms with Crippen LogP contribution in [-0.4, -0.2) is 43.7 Å². The van der Waals surface area contributed by atoms with E-state index in [0.29, 0.717) is 30.0 Å². The largest absolute Gasteiger partial charge is 0.475 e. The van der Waals surface area contributed by atoms with Crippen molar-refractivity contribution in [2.45, 2.75) is 37.5 Å². The second-order valence-corrected chi connectivity index (χ2v) is 10.3. The molecular weight excluding hydrogens is 594 g/mol. The minimum Gasteiger partial charge on any atom is -0.325 e. The topological polar surface area (TPSA) is 89.3 Å². The van der Waals surface area contributed by atoms with Crippen molar-refractivity contribution in [2.24, 2.45) is 0 Å². The maximum absolute atomic E-state index is 13.6. The van der Waals surface area contributed by atoms with Gasteiger partial charge in [0.15, 0.2) is 10.8 Å². The first-order chi connectivity index (χ1) is 16.8. The zero-order valence-corrected chi connectivity index (χ0v) is 19.8. The smallest absolute Gasteiger partial charge is 0.325 e. The number of nitrogens with zero attached hydrogens (tertiary/aromatic N) is 1. The van der Waals surface area contributed by atoms with E-state index in [1.54, 1.807) is 0 Å². The number of carbonyl (C=O) groups is 1. The predicted molar refractivity (Wildman–Crippen MR) is 113 cm³/mol. The van der Waals surface area contributed by atoms with Crippen LogP contribution < -0.4 is 5.32 Å². The van der Waals surface area contributed by atoms with E-state index >= 15 is 0 Å². The molecule has 2 aromatic rings. The van der Waals surface area contributed by atoms with E-state index in [2.05, 4.69) is 5.32 Å². The van der Waals surface area contributed by atoms with Gasteiger partial charge < -0.3 is 5.32 Å². The fourth-order valence-corrected chi connectivity index (χ4v) is 4.72. The quantitative estimate of drug-likeness (QED) is 0.146. The molecule has 0 aromatic heterocycles. The molecule has 1 atom stereocenters. The number of alkyl halides is 10. The van der Waals surface area contributed by atoms with E-state index in [0.717, 1.165) is 24.3 Å². The summed E-state index contributed by atoms with van der Waals surface area (Å²) in [6.45, 7) is 0. The molecule has 0 radical (unpaired) electrons. The average molecular weight is 604 g/mol. The number of anilines is 1. The molecule has 0 fully saturated rings. The Morgan fingerprint density at radius 2 is 1.59 bits per heavy atom. The summed E-state index contributed by atoms with van der Waals surface area (Å²) in [6.07, 6.45) is -6.53. The first-order valence-electron chi connectivity index (χ1n) is 9.07. The fraction of sp³-hybridized carbons (Fsp3) is 0.278. The Bertz CT molecular complexity index is 1210. The van der Waals surface area contributed by atoms with Gasteiger partial charge >= 0.3 is 22.9 Å². The van der Waals surface area contributed by atoms with Crippen LogP contribution in [0.1, 0.15) is 0 Å². The Labute approximate surface area is 210 Å². The van der Waals surface area contributed by atoms with Crippen molar-refractivity contribution >= 4 is 51.6 Å². The van der Waals surface area contributed by atoms with Crippen LogP contribution in [-0.2, 0) is 15.6 Å². The van der Waals surface area contributed by atoms with Crippen molar-refractivity contribution in [3.05, 3.63) is 52.6 Å². The molecule has 37 heavy (non-hydrogen) atoms. The van der Waals surface area contributed by atoms with Crippen molar-refractivity contribution in [3.63, 3.8) is 0 Å². The number of hydrogen-bond acceptors (Lipinski definition) is 6. The molecule has 6 nitrogen and oxygen atoms in total. The van der Waals surface area contributed by atoms with Crippen LogP contribution in [0.4, 0.5) is 55.3 Å². The molecule has 0 aliphatic rings. The highest BCUT2D eigenvalue weighted by Crippen LogP contribution is 2.54. The van der Waals surface area contributed by atoms with E-state index in [4.69, 9.17) is 0 Å². The third-order valence-electron chi connectivity index (χ3n) is 4.00. The highest BCUT2D eigenvalue weighted by Gasteiger charge is 2.73. The molecule has 0 spiro atoms. The summed E-state index contributed by atoms with van der Waals surface area (Å²) in [5, 5.41) is 7.71. The van der Waals surface area contributed by atoms with Crippen LogP contribution in [0.3, 0.4) is 0 Å². The van der Waals surface area contributed by atoms with Gasteiger partial charge in [0.05, 0.1) is 20.5 Å². The number of benzene rings is 2. The molecule has 1 N–H and O–H groups in total. The lowest BCUT2D eigenvalue weighted by molar-refractivity contribution is -0.387. The van der Waals surface area contributed by atoms with Gasteiger partial charge in [0, 0.05) is 16.6 Å². The van der Waals surface area contributed by atoms with Gasteiger partial charge in [-0.2, -0.15) is 43.9 Å². The van der Waals surface area contributed by atoms with Crippen LogP contribution in [0.2, 0.25) is 0 Å². The minimum absolute atomic E-state index is 0.290. The number of thioether (sulfide) groups is 2. The van der Waals surface area contributed by atoms with E-state index in [-0.39, 0.29) is 10.6 Å². The number of rotatable bonds is 9. The van der Waals surface area contributed by atoms with Gasteiger partial charge in [-0.25, -0.2) is 4.21 Å². The summed E-state index contributed by atoms with van der Waals surface area (Å²) >= 11 is -0.630. The molecule has 0 saturated heterocycles. The van der Waals surface area contributed by atoms with Crippen LogP contribution in [0.5, 0.6) is 0 Å².